The molecule has 17 heavy (non-hydrogen) atoms. The summed E-state index contributed by atoms with van der Waals surface area (Å²) in [6.07, 6.45) is 3.56. The molecule has 0 radical (unpaired) electrons. The number of hydrogen-bond acceptors (Lipinski definition) is 4. The number of anilines is 3. The van der Waals surface area contributed by atoms with Gasteiger partial charge in [-0.15, -0.1) is 0 Å². The molecule has 0 spiro atoms. The molecule has 0 unspecified atom stereocenters. The summed E-state index contributed by atoms with van der Waals surface area (Å²) in [6, 6.07) is 5.29. The summed E-state index contributed by atoms with van der Waals surface area (Å²) >= 11 is 0. The van der Waals surface area contributed by atoms with E-state index in [0.717, 1.165) is 11.4 Å². The third-order valence-electron chi connectivity index (χ3n) is 2.43. The minimum absolute atomic E-state index is 0.0441. The summed E-state index contributed by atoms with van der Waals surface area (Å²) in [5, 5.41) is 7.21. The van der Waals surface area contributed by atoms with E-state index >= 15 is 0 Å². The topological polar surface area (TPSA) is 72.9 Å². The first-order valence-corrected chi connectivity index (χ1v) is 5.22. The van der Waals surface area contributed by atoms with Crippen LogP contribution in [-0.4, -0.2) is 15.6 Å². The van der Waals surface area contributed by atoms with E-state index in [1.54, 1.807) is 23.0 Å². The number of benzene rings is 1. The molecule has 0 saturated carbocycles. The monoisotopic (exact) mass is 230 g/mol. The first kappa shape index (κ1) is 11.2. The maximum absolute atomic E-state index is 11.4. The third-order valence-corrected chi connectivity index (χ3v) is 2.43. The molecule has 88 valence electrons. The molecule has 0 aliphatic rings. The Bertz CT molecular complexity index is 559. The molecule has 5 heteroatoms. The van der Waals surface area contributed by atoms with Crippen molar-refractivity contribution in [3.63, 3.8) is 0 Å². The molecule has 3 N–H and O–H groups in total. The Morgan fingerprint density at radius 3 is 2.76 bits per heavy atom. The average molecular weight is 230 g/mol. The van der Waals surface area contributed by atoms with Crippen LogP contribution in [0, 0.1) is 0 Å². The predicted octanol–water partition coefficient (Wildman–Crippen LogP) is 1.95. The van der Waals surface area contributed by atoms with Crippen LogP contribution < -0.4 is 11.1 Å². The molecule has 2 rings (SSSR count). The second-order valence-electron chi connectivity index (χ2n) is 3.89. The molecule has 1 heterocycles. The van der Waals surface area contributed by atoms with E-state index in [1.165, 1.54) is 6.92 Å². The smallest absolute Gasteiger partial charge is 0.161 e. The van der Waals surface area contributed by atoms with Gasteiger partial charge in [0, 0.05) is 30.2 Å². The van der Waals surface area contributed by atoms with E-state index in [1.807, 2.05) is 19.3 Å². The SMILES string of the molecule is CC(=O)c1cc(Nc2cnn(C)c2)ccc1N. The Morgan fingerprint density at radius 2 is 2.18 bits per heavy atom. The quantitative estimate of drug-likeness (QED) is 0.624. The zero-order valence-corrected chi connectivity index (χ0v) is 9.77. The minimum Gasteiger partial charge on any atom is -0.398 e. The van der Waals surface area contributed by atoms with Gasteiger partial charge >= 0.3 is 0 Å². The van der Waals surface area contributed by atoms with Crippen LogP contribution in [0.25, 0.3) is 0 Å². The largest absolute Gasteiger partial charge is 0.398 e. The van der Waals surface area contributed by atoms with Crippen molar-refractivity contribution in [2.24, 2.45) is 7.05 Å². The summed E-state index contributed by atoms with van der Waals surface area (Å²) < 4.78 is 1.70. The number of ketones is 1. The van der Waals surface area contributed by atoms with Crippen LogP contribution >= 0.6 is 0 Å². The van der Waals surface area contributed by atoms with Gasteiger partial charge in [0.15, 0.2) is 5.78 Å². The number of nitrogens with zero attached hydrogens (tertiary/aromatic N) is 2. The Hall–Kier alpha value is -2.30. The molecule has 0 fully saturated rings. The van der Waals surface area contributed by atoms with Gasteiger partial charge in [0.1, 0.15) is 0 Å². The molecule has 0 atom stereocenters. The number of nitrogen functional groups attached to an aromatic ring is 1. The van der Waals surface area contributed by atoms with Crippen LogP contribution in [-0.2, 0) is 7.05 Å². The first-order valence-electron chi connectivity index (χ1n) is 5.22. The van der Waals surface area contributed by atoms with Crippen molar-refractivity contribution in [1.82, 2.24) is 9.78 Å². The van der Waals surface area contributed by atoms with Crippen LogP contribution in [0.4, 0.5) is 17.1 Å². The molecule has 1 aromatic carbocycles. The second kappa shape index (κ2) is 4.29. The van der Waals surface area contributed by atoms with Crippen molar-refractivity contribution in [3.8, 4) is 0 Å². The third kappa shape index (κ3) is 2.44. The highest BCUT2D eigenvalue weighted by atomic mass is 16.1. The fourth-order valence-electron chi connectivity index (χ4n) is 1.59. The number of carbonyl (C=O) groups excluding carboxylic acids is 1. The van der Waals surface area contributed by atoms with E-state index in [4.69, 9.17) is 5.73 Å². The summed E-state index contributed by atoms with van der Waals surface area (Å²) in [4.78, 5) is 11.4. The van der Waals surface area contributed by atoms with Gasteiger partial charge in [-0.1, -0.05) is 0 Å². The lowest BCUT2D eigenvalue weighted by molar-refractivity contribution is 0.101. The Morgan fingerprint density at radius 1 is 1.41 bits per heavy atom. The van der Waals surface area contributed by atoms with Gasteiger partial charge in [0.25, 0.3) is 0 Å². The molecule has 0 saturated heterocycles. The van der Waals surface area contributed by atoms with Gasteiger partial charge in [-0.25, -0.2) is 0 Å². The molecular weight excluding hydrogens is 216 g/mol. The van der Waals surface area contributed by atoms with Crippen LogP contribution in [0.1, 0.15) is 17.3 Å². The molecule has 0 aliphatic heterocycles. The van der Waals surface area contributed by atoms with Crippen LogP contribution in [0.5, 0.6) is 0 Å². The minimum atomic E-state index is -0.0441. The van der Waals surface area contributed by atoms with Crippen molar-refractivity contribution in [1.29, 1.82) is 0 Å². The number of nitrogens with two attached hydrogens (primary N) is 1. The number of nitrogens with one attached hydrogen (secondary N) is 1. The maximum Gasteiger partial charge on any atom is 0.161 e. The average Bonchev–Trinajstić information content (AvgIpc) is 2.66. The standard InChI is InChI=1S/C12H14N4O/c1-8(17)11-5-9(3-4-12(11)13)15-10-6-14-16(2)7-10/h3-7,15H,13H2,1-2H3. The van der Waals surface area contributed by atoms with Crippen LogP contribution in [0.3, 0.4) is 0 Å². The molecule has 0 aliphatic carbocycles. The zero-order valence-electron chi connectivity index (χ0n) is 9.77. The van der Waals surface area contributed by atoms with E-state index in [2.05, 4.69) is 10.4 Å². The van der Waals surface area contributed by atoms with Crippen molar-refractivity contribution >= 4 is 22.8 Å². The maximum atomic E-state index is 11.4. The highest BCUT2D eigenvalue weighted by Crippen LogP contribution is 2.21. The van der Waals surface area contributed by atoms with Crippen molar-refractivity contribution in [2.45, 2.75) is 6.92 Å². The van der Waals surface area contributed by atoms with Crippen molar-refractivity contribution in [3.05, 3.63) is 36.2 Å². The van der Waals surface area contributed by atoms with E-state index < -0.39 is 0 Å². The van der Waals surface area contributed by atoms with E-state index in [-0.39, 0.29) is 5.78 Å². The van der Waals surface area contributed by atoms with Gasteiger partial charge in [-0.05, 0) is 25.1 Å². The molecule has 0 bridgehead atoms. The van der Waals surface area contributed by atoms with Crippen LogP contribution in [0.2, 0.25) is 0 Å². The van der Waals surface area contributed by atoms with Crippen LogP contribution in [0.15, 0.2) is 30.6 Å². The van der Waals surface area contributed by atoms with Gasteiger partial charge in [0.2, 0.25) is 0 Å². The molecule has 1 aromatic heterocycles. The number of aryl methyl sites for hydroxylation is 1. The van der Waals surface area contributed by atoms with Crippen molar-refractivity contribution < 1.29 is 4.79 Å². The van der Waals surface area contributed by atoms with Gasteiger partial charge in [-0.3, -0.25) is 9.48 Å². The normalized spacial score (nSPS) is 10.2. The number of Topliss-reactive ketones (excluding diaryl/α,β-unsaturated/α-hetero) is 1. The Kier molecular flexibility index (Phi) is 2.82. The lowest BCUT2D eigenvalue weighted by Crippen LogP contribution is -2.00. The fourth-order valence-corrected chi connectivity index (χ4v) is 1.59. The van der Waals surface area contributed by atoms with Gasteiger partial charge in [0.05, 0.1) is 11.9 Å². The highest BCUT2D eigenvalue weighted by Gasteiger charge is 2.06. The van der Waals surface area contributed by atoms with E-state index in [9.17, 15) is 4.79 Å². The summed E-state index contributed by atoms with van der Waals surface area (Å²) in [6.45, 7) is 1.50. The lowest BCUT2D eigenvalue weighted by Gasteiger charge is -2.07. The molecule has 2 aromatic rings. The summed E-state index contributed by atoms with van der Waals surface area (Å²) in [5.41, 5.74) is 8.43. The molecular formula is C12H14N4O. The zero-order chi connectivity index (χ0) is 12.4. The molecule has 5 nitrogen and oxygen atoms in total. The second-order valence-corrected chi connectivity index (χ2v) is 3.89. The lowest BCUT2D eigenvalue weighted by atomic mass is 10.1. The van der Waals surface area contributed by atoms with E-state index in [0.29, 0.717) is 11.3 Å². The summed E-state index contributed by atoms with van der Waals surface area (Å²) in [7, 11) is 1.84. The van der Waals surface area contributed by atoms with Gasteiger partial charge < -0.3 is 11.1 Å². The van der Waals surface area contributed by atoms with Crippen molar-refractivity contribution in [2.75, 3.05) is 11.1 Å². The fraction of sp³-hybridized carbons (Fsp3) is 0.167. The summed E-state index contributed by atoms with van der Waals surface area (Å²) in [5.74, 6) is -0.0441. The number of carbonyl (C=O) groups is 1. The first-order chi connectivity index (χ1) is 8.06. The number of hydrogen-bond donors (Lipinski definition) is 2. The number of aromatic nitrogens is 2. The predicted molar refractivity (Wildman–Crippen MR) is 67.3 cm³/mol. The highest BCUT2D eigenvalue weighted by molar-refractivity contribution is 6.00. The Labute approximate surface area is 99.2 Å². The van der Waals surface area contributed by atoms with Gasteiger partial charge in [-0.2, -0.15) is 5.10 Å². The Balaban J connectivity index is 2.28. The number of rotatable bonds is 3. The molecule has 0 amide bonds.